The minimum absolute atomic E-state index is 0.00780. The minimum Gasteiger partial charge on any atom is -0.338 e. The Morgan fingerprint density at radius 3 is 2.38 bits per heavy atom. The summed E-state index contributed by atoms with van der Waals surface area (Å²) in [5.74, 6) is 0. The second-order valence-corrected chi connectivity index (χ2v) is 5.27. The molecule has 0 unspecified atom stereocenters. The minimum atomic E-state index is -0.441. The highest BCUT2D eigenvalue weighted by atomic mass is 16.6. The second-order valence-electron chi connectivity index (χ2n) is 5.27. The highest BCUT2D eigenvalue weighted by molar-refractivity contribution is 5.94. The first kappa shape index (κ1) is 13.3. The molecule has 2 aromatic carbocycles. The third kappa shape index (κ3) is 1.98. The quantitative estimate of drug-likeness (QED) is 0.409. The SMILES string of the molecule is CC(C)n1c2ccccc2c(=O)c2ccc([N+](=O)[O-])cc21. The van der Waals surface area contributed by atoms with Gasteiger partial charge in [0.15, 0.2) is 5.43 Å². The normalized spacial score (nSPS) is 11.4. The number of benzene rings is 2. The third-order valence-corrected chi connectivity index (χ3v) is 3.62. The van der Waals surface area contributed by atoms with Crippen molar-refractivity contribution in [2.24, 2.45) is 0 Å². The summed E-state index contributed by atoms with van der Waals surface area (Å²) in [6.07, 6.45) is 0. The Kier molecular flexibility index (Phi) is 2.97. The van der Waals surface area contributed by atoms with Crippen molar-refractivity contribution in [1.29, 1.82) is 0 Å². The molecular formula is C16H14N2O3. The van der Waals surface area contributed by atoms with Crippen LogP contribution in [0.1, 0.15) is 19.9 Å². The fourth-order valence-corrected chi connectivity index (χ4v) is 2.73. The Bertz CT molecular complexity index is 926. The number of hydrogen-bond acceptors (Lipinski definition) is 3. The number of nitro groups is 1. The second kappa shape index (κ2) is 4.70. The lowest BCUT2D eigenvalue weighted by atomic mass is 10.1. The average Bonchev–Trinajstić information content (AvgIpc) is 2.46. The van der Waals surface area contributed by atoms with Crippen LogP contribution < -0.4 is 5.43 Å². The lowest BCUT2D eigenvalue weighted by Crippen LogP contribution is -2.13. The van der Waals surface area contributed by atoms with Gasteiger partial charge in [-0.3, -0.25) is 14.9 Å². The first-order valence-corrected chi connectivity index (χ1v) is 6.72. The van der Waals surface area contributed by atoms with E-state index in [1.54, 1.807) is 12.1 Å². The molecule has 5 nitrogen and oxygen atoms in total. The molecule has 0 saturated heterocycles. The molecule has 1 aromatic heterocycles. The highest BCUT2D eigenvalue weighted by Gasteiger charge is 2.15. The topological polar surface area (TPSA) is 65.1 Å². The number of nitro benzene ring substituents is 1. The molecule has 1 heterocycles. The van der Waals surface area contributed by atoms with E-state index in [0.717, 1.165) is 5.52 Å². The number of para-hydroxylation sites is 1. The maximum Gasteiger partial charge on any atom is 0.271 e. The van der Waals surface area contributed by atoms with Crippen LogP contribution in [0.5, 0.6) is 0 Å². The number of nitrogens with zero attached hydrogens (tertiary/aromatic N) is 2. The van der Waals surface area contributed by atoms with Gasteiger partial charge in [-0.1, -0.05) is 12.1 Å². The van der Waals surface area contributed by atoms with Crippen LogP contribution in [0.4, 0.5) is 5.69 Å². The van der Waals surface area contributed by atoms with E-state index in [-0.39, 0.29) is 17.2 Å². The van der Waals surface area contributed by atoms with Crippen molar-refractivity contribution >= 4 is 27.5 Å². The van der Waals surface area contributed by atoms with Crippen LogP contribution in [0.25, 0.3) is 21.8 Å². The van der Waals surface area contributed by atoms with E-state index in [4.69, 9.17) is 0 Å². The summed E-state index contributed by atoms with van der Waals surface area (Å²) in [6, 6.07) is 11.8. The van der Waals surface area contributed by atoms with Crippen molar-refractivity contribution in [3.05, 3.63) is 62.8 Å². The summed E-state index contributed by atoms with van der Waals surface area (Å²) in [5.41, 5.74) is 1.30. The average molecular weight is 282 g/mol. The molecule has 0 amide bonds. The largest absolute Gasteiger partial charge is 0.338 e. The van der Waals surface area contributed by atoms with E-state index >= 15 is 0 Å². The zero-order valence-electron chi connectivity index (χ0n) is 11.7. The Labute approximate surface area is 120 Å². The summed E-state index contributed by atoms with van der Waals surface area (Å²) in [7, 11) is 0. The zero-order valence-corrected chi connectivity index (χ0v) is 11.7. The van der Waals surface area contributed by atoms with Crippen molar-refractivity contribution in [2.45, 2.75) is 19.9 Å². The van der Waals surface area contributed by atoms with Crippen LogP contribution in [0.2, 0.25) is 0 Å². The highest BCUT2D eigenvalue weighted by Crippen LogP contribution is 2.26. The Hall–Kier alpha value is -2.69. The Morgan fingerprint density at radius 1 is 1.05 bits per heavy atom. The molecule has 21 heavy (non-hydrogen) atoms. The Morgan fingerprint density at radius 2 is 1.71 bits per heavy atom. The zero-order chi connectivity index (χ0) is 15.1. The predicted octanol–water partition coefficient (Wildman–Crippen LogP) is 3.64. The number of fused-ring (bicyclic) bond motifs is 2. The molecule has 0 aliphatic rings. The van der Waals surface area contributed by atoms with E-state index in [1.807, 2.05) is 36.6 Å². The molecular weight excluding hydrogens is 268 g/mol. The van der Waals surface area contributed by atoms with Gasteiger partial charge in [0.05, 0.1) is 16.0 Å². The first-order chi connectivity index (χ1) is 10.0. The Balaban J connectivity index is 2.59. The number of non-ortho nitro benzene ring substituents is 1. The molecule has 3 rings (SSSR count). The van der Waals surface area contributed by atoms with Gasteiger partial charge in [0.25, 0.3) is 5.69 Å². The number of hydrogen-bond donors (Lipinski definition) is 0. The summed E-state index contributed by atoms with van der Waals surface area (Å²) < 4.78 is 1.97. The number of pyridine rings is 1. The van der Waals surface area contributed by atoms with E-state index < -0.39 is 4.92 Å². The fourth-order valence-electron chi connectivity index (χ4n) is 2.73. The summed E-state index contributed by atoms with van der Waals surface area (Å²) in [4.78, 5) is 23.1. The van der Waals surface area contributed by atoms with Crippen LogP contribution in [0, 0.1) is 10.1 Å². The standard InChI is InChI=1S/C16H14N2O3/c1-10(2)17-14-6-4-3-5-12(14)16(19)13-8-7-11(18(20)21)9-15(13)17/h3-10H,1-2H3. The third-order valence-electron chi connectivity index (χ3n) is 3.62. The first-order valence-electron chi connectivity index (χ1n) is 6.72. The lowest BCUT2D eigenvalue weighted by molar-refractivity contribution is -0.384. The van der Waals surface area contributed by atoms with Crippen LogP contribution in [0.3, 0.4) is 0 Å². The summed E-state index contributed by atoms with van der Waals surface area (Å²) in [5, 5.41) is 12.1. The van der Waals surface area contributed by atoms with Crippen LogP contribution in [0.15, 0.2) is 47.3 Å². The van der Waals surface area contributed by atoms with Crippen molar-refractivity contribution in [3.8, 4) is 0 Å². The summed E-state index contributed by atoms with van der Waals surface area (Å²) in [6.45, 7) is 3.99. The summed E-state index contributed by atoms with van der Waals surface area (Å²) >= 11 is 0. The van der Waals surface area contributed by atoms with Gasteiger partial charge in [-0.15, -0.1) is 0 Å². The van der Waals surface area contributed by atoms with Gasteiger partial charge in [-0.25, -0.2) is 0 Å². The number of rotatable bonds is 2. The van der Waals surface area contributed by atoms with Gasteiger partial charge in [0, 0.05) is 28.9 Å². The van der Waals surface area contributed by atoms with Gasteiger partial charge in [-0.05, 0) is 32.0 Å². The molecule has 0 radical (unpaired) electrons. The molecule has 0 fully saturated rings. The van der Waals surface area contributed by atoms with E-state index in [0.29, 0.717) is 16.3 Å². The van der Waals surface area contributed by atoms with Crippen molar-refractivity contribution < 1.29 is 4.92 Å². The molecule has 0 N–H and O–H groups in total. The molecule has 0 saturated carbocycles. The molecule has 0 aliphatic heterocycles. The van der Waals surface area contributed by atoms with Gasteiger partial charge in [-0.2, -0.15) is 0 Å². The predicted molar refractivity (Wildman–Crippen MR) is 82.8 cm³/mol. The van der Waals surface area contributed by atoms with Crippen molar-refractivity contribution in [3.63, 3.8) is 0 Å². The lowest BCUT2D eigenvalue weighted by Gasteiger charge is -2.18. The molecule has 0 atom stereocenters. The van der Waals surface area contributed by atoms with Gasteiger partial charge in [0.2, 0.25) is 0 Å². The fraction of sp³-hybridized carbons (Fsp3) is 0.188. The van der Waals surface area contributed by atoms with Crippen LogP contribution in [-0.2, 0) is 0 Å². The molecule has 3 aromatic rings. The monoisotopic (exact) mass is 282 g/mol. The number of aromatic nitrogens is 1. The van der Waals surface area contributed by atoms with Crippen molar-refractivity contribution in [2.75, 3.05) is 0 Å². The maximum absolute atomic E-state index is 12.6. The van der Waals surface area contributed by atoms with Gasteiger partial charge in [0.1, 0.15) is 0 Å². The molecule has 0 bridgehead atoms. The van der Waals surface area contributed by atoms with E-state index in [1.165, 1.54) is 12.1 Å². The van der Waals surface area contributed by atoms with Crippen molar-refractivity contribution in [1.82, 2.24) is 4.57 Å². The van der Waals surface area contributed by atoms with Gasteiger partial charge < -0.3 is 4.57 Å². The smallest absolute Gasteiger partial charge is 0.271 e. The van der Waals surface area contributed by atoms with Crippen LogP contribution in [-0.4, -0.2) is 9.49 Å². The maximum atomic E-state index is 12.6. The van der Waals surface area contributed by atoms with E-state index in [9.17, 15) is 14.9 Å². The molecule has 106 valence electrons. The van der Waals surface area contributed by atoms with E-state index in [2.05, 4.69) is 0 Å². The van der Waals surface area contributed by atoms with Gasteiger partial charge >= 0.3 is 0 Å². The van der Waals surface area contributed by atoms with Crippen LogP contribution >= 0.6 is 0 Å². The molecule has 5 heteroatoms. The molecule has 0 aliphatic carbocycles. The molecule has 0 spiro atoms.